The minimum Gasteiger partial charge on any atom is -0.497 e. The fourth-order valence-corrected chi connectivity index (χ4v) is 4.53. The Balaban J connectivity index is 1.81. The molecule has 158 valence electrons. The Hall–Kier alpha value is -1.64. The zero-order chi connectivity index (χ0) is 20.7. The van der Waals surface area contributed by atoms with Crippen molar-refractivity contribution in [3.8, 4) is 5.75 Å². The van der Waals surface area contributed by atoms with Crippen LogP contribution in [-0.2, 0) is 14.8 Å². The molecule has 0 spiro atoms. The Kier molecular flexibility index (Phi) is 8.27. The molecule has 1 fully saturated rings. The second-order valence-corrected chi connectivity index (χ2v) is 9.55. The molecule has 1 amide bonds. The summed E-state index contributed by atoms with van der Waals surface area (Å²) in [6, 6.07) is 6.06. The van der Waals surface area contributed by atoms with Crippen LogP contribution in [0.3, 0.4) is 0 Å². The van der Waals surface area contributed by atoms with Gasteiger partial charge in [-0.25, -0.2) is 13.1 Å². The summed E-state index contributed by atoms with van der Waals surface area (Å²) in [6.07, 6.45) is 3.07. The highest BCUT2D eigenvalue weighted by atomic mass is 32.2. The van der Waals surface area contributed by atoms with Crippen LogP contribution >= 0.6 is 0 Å². The second kappa shape index (κ2) is 10.2. The van der Waals surface area contributed by atoms with Crippen LogP contribution in [0.25, 0.3) is 0 Å². The van der Waals surface area contributed by atoms with Crippen molar-refractivity contribution in [3.05, 3.63) is 24.3 Å². The molecule has 1 aromatic rings. The number of ether oxygens (including phenoxy) is 1. The van der Waals surface area contributed by atoms with Crippen LogP contribution in [0.4, 0.5) is 0 Å². The number of rotatable bonds is 9. The van der Waals surface area contributed by atoms with Crippen molar-refractivity contribution in [3.63, 3.8) is 0 Å². The number of nitrogens with one attached hydrogen (secondary N) is 2. The zero-order valence-electron chi connectivity index (χ0n) is 16.8. The number of methoxy groups -OCH3 is 1. The van der Waals surface area contributed by atoms with Crippen LogP contribution in [0.15, 0.2) is 29.2 Å². The van der Waals surface area contributed by atoms with Gasteiger partial charge < -0.3 is 15.2 Å². The number of hydrogen-bond acceptors (Lipinski definition) is 5. The van der Waals surface area contributed by atoms with Crippen LogP contribution in [0, 0.1) is 17.8 Å². The molecule has 0 heterocycles. The molecule has 2 rings (SSSR count). The van der Waals surface area contributed by atoms with E-state index in [-0.39, 0.29) is 41.2 Å². The molecule has 7 nitrogen and oxygen atoms in total. The Morgan fingerprint density at radius 3 is 2.29 bits per heavy atom. The minimum atomic E-state index is -3.56. The number of hydrogen-bond donors (Lipinski definition) is 3. The van der Waals surface area contributed by atoms with E-state index in [4.69, 9.17) is 4.74 Å². The molecule has 1 atom stereocenters. The van der Waals surface area contributed by atoms with Gasteiger partial charge in [0.1, 0.15) is 5.75 Å². The number of aliphatic hydroxyl groups is 1. The number of benzene rings is 1. The van der Waals surface area contributed by atoms with Gasteiger partial charge in [-0.3, -0.25) is 4.79 Å². The SMILES string of the molecule is COc1ccc(S(=O)(=O)NCC2CCC(C(=O)N[C@@H](CO)C(C)C)CC2)cc1. The highest BCUT2D eigenvalue weighted by molar-refractivity contribution is 7.89. The van der Waals surface area contributed by atoms with Crippen molar-refractivity contribution in [2.45, 2.75) is 50.5 Å². The largest absolute Gasteiger partial charge is 0.497 e. The maximum absolute atomic E-state index is 12.4. The lowest BCUT2D eigenvalue weighted by molar-refractivity contribution is -0.127. The van der Waals surface area contributed by atoms with E-state index < -0.39 is 10.0 Å². The first-order chi connectivity index (χ1) is 13.3. The van der Waals surface area contributed by atoms with E-state index in [2.05, 4.69) is 10.0 Å². The number of carbonyl (C=O) groups is 1. The molecule has 0 aliphatic heterocycles. The summed E-state index contributed by atoms with van der Waals surface area (Å²) in [5.74, 6) is 0.928. The number of carbonyl (C=O) groups excluding carboxylic acids is 1. The number of aliphatic hydroxyl groups excluding tert-OH is 1. The average Bonchev–Trinajstić information content (AvgIpc) is 2.70. The number of amides is 1. The van der Waals surface area contributed by atoms with E-state index in [9.17, 15) is 18.3 Å². The zero-order valence-corrected chi connectivity index (χ0v) is 17.7. The van der Waals surface area contributed by atoms with Crippen molar-refractivity contribution in [1.82, 2.24) is 10.0 Å². The minimum absolute atomic E-state index is 0.00925. The summed E-state index contributed by atoms with van der Waals surface area (Å²) in [5, 5.41) is 12.3. The molecule has 1 saturated carbocycles. The van der Waals surface area contributed by atoms with Crippen LogP contribution < -0.4 is 14.8 Å². The van der Waals surface area contributed by atoms with Crippen molar-refractivity contribution < 1.29 is 23.1 Å². The quantitative estimate of drug-likeness (QED) is 0.575. The molecule has 1 aromatic carbocycles. The van der Waals surface area contributed by atoms with E-state index >= 15 is 0 Å². The van der Waals surface area contributed by atoms with Gasteiger partial charge in [0.25, 0.3) is 0 Å². The molecule has 0 aromatic heterocycles. The molecule has 1 aliphatic rings. The first-order valence-corrected chi connectivity index (χ1v) is 11.3. The second-order valence-electron chi connectivity index (χ2n) is 7.79. The molecular weight excluding hydrogens is 380 g/mol. The van der Waals surface area contributed by atoms with Crippen LogP contribution in [0.1, 0.15) is 39.5 Å². The Bertz CT molecular complexity index is 725. The predicted molar refractivity (Wildman–Crippen MR) is 107 cm³/mol. The monoisotopic (exact) mass is 412 g/mol. The summed E-state index contributed by atoms with van der Waals surface area (Å²) in [6.45, 7) is 4.24. The summed E-state index contributed by atoms with van der Waals surface area (Å²) in [5.41, 5.74) is 0. The highest BCUT2D eigenvalue weighted by Crippen LogP contribution is 2.29. The van der Waals surface area contributed by atoms with Gasteiger partial charge in [-0.2, -0.15) is 0 Å². The van der Waals surface area contributed by atoms with Crippen molar-refractivity contribution in [1.29, 1.82) is 0 Å². The van der Waals surface area contributed by atoms with Crippen LogP contribution in [0.2, 0.25) is 0 Å². The fourth-order valence-electron chi connectivity index (χ4n) is 3.42. The molecular formula is C20H32N2O5S. The van der Waals surface area contributed by atoms with Gasteiger partial charge in [0.15, 0.2) is 0 Å². The normalized spacial score (nSPS) is 21.3. The summed E-state index contributed by atoms with van der Waals surface area (Å²) in [7, 11) is -2.02. The molecule has 0 bridgehead atoms. The molecule has 1 aliphatic carbocycles. The summed E-state index contributed by atoms with van der Waals surface area (Å²) < 4.78 is 32.6. The third kappa shape index (κ3) is 6.18. The molecule has 0 saturated heterocycles. The summed E-state index contributed by atoms with van der Waals surface area (Å²) >= 11 is 0. The summed E-state index contributed by atoms with van der Waals surface area (Å²) in [4.78, 5) is 12.6. The molecule has 28 heavy (non-hydrogen) atoms. The van der Waals surface area contributed by atoms with Gasteiger partial charge in [0.05, 0.1) is 24.7 Å². The van der Waals surface area contributed by atoms with Crippen LogP contribution in [0.5, 0.6) is 5.75 Å². The maximum atomic E-state index is 12.4. The smallest absolute Gasteiger partial charge is 0.240 e. The topological polar surface area (TPSA) is 105 Å². The highest BCUT2D eigenvalue weighted by Gasteiger charge is 2.28. The first kappa shape index (κ1) is 22.6. The van der Waals surface area contributed by atoms with Crippen molar-refractivity contribution in [2.24, 2.45) is 17.8 Å². The van der Waals surface area contributed by atoms with E-state index in [0.29, 0.717) is 12.3 Å². The van der Waals surface area contributed by atoms with Gasteiger partial charge >= 0.3 is 0 Å². The van der Waals surface area contributed by atoms with E-state index in [1.807, 2.05) is 13.8 Å². The van der Waals surface area contributed by atoms with E-state index in [1.165, 1.54) is 19.2 Å². The molecule has 0 radical (unpaired) electrons. The van der Waals surface area contributed by atoms with Gasteiger partial charge in [-0.05, 0) is 61.8 Å². The lowest BCUT2D eigenvalue weighted by Crippen LogP contribution is -2.45. The predicted octanol–water partition coefficient (Wildman–Crippen LogP) is 1.91. The van der Waals surface area contributed by atoms with E-state index in [0.717, 1.165) is 25.7 Å². The third-order valence-electron chi connectivity index (χ3n) is 5.48. The lowest BCUT2D eigenvalue weighted by atomic mass is 9.81. The molecule has 3 N–H and O–H groups in total. The standard InChI is InChI=1S/C20H32N2O5S/c1-14(2)19(13-23)22-20(24)16-6-4-15(5-7-16)12-21-28(25,26)18-10-8-17(27-3)9-11-18/h8-11,14-16,19,21,23H,4-7,12-13H2,1-3H3,(H,22,24)/t15?,16?,19-/m0/s1. The Labute approximate surface area is 167 Å². The van der Waals surface area contributed by atoms with Crippen molar-refractivity contribution >= 4 is 15.9 Å². The Morgan fingerprint density at radius 2 is 1.79 bits per heavy atom. The van der Waals surface area contributed by atoms with Crippen LogP contribution in [-0.4, -0.2) is 45.7 Å². The Morgan fingerprint density at radius 1 is 1.18 bits per heavy atom. The van der Waals surface area contributed by atoms with Gasteiger partial charge in [0, 0.05) is 12.5 Å². The third-order valence-corrected chi connectivity index (χ3v) is 6.92. The lowest BCUT2D eigenvalue weighted by Gasteiger charge is -2.29. The van der Waals surface area contributed by atoms with Gasteiger partial charge in [-0.1, -0.05) is 13.8 Å². The molecule has 8 heteroatoms. The van der Waals surface area contributed by atoms with E-state index in [1.54, 1.807) is 12.1 Å². The fraction of sp³-hybridized carbons (Fsp3) is 0.650. The number of sulfonamides is 1. The average molecular weight is 413 g/mol. The van der Waals surface area contributed by atoms with Crippen molar-refractivity contribution in [2.75, 3.05) is 20.3 Å². The molecule has 0 unspecified atom stereocenters. The van der Waals surface area contributed by atoms with Gasteiger partial charge in [-0.15, -0.1) is 0 Å². The first-order valence-electron chi connectivity index (χ1n) is 9.81. The maximum Gasteiger partial charge on any atom is 0.240 e. The van der Waals surface area contributed by atoms with Gasteiger partial charge in [0.2, 0.25) is 15.9 Å².